The zero-order chi connectivity index (χ0) is 10.9. The molecule has 0 unspecified atom stereocenters. The molecule has 1 aliphatic rings. The Kier molecular flexibility index (Phi) is 3.16. The quantitative estimate of drug-likeness (QED) is 0.761. The molecular formula is C11H11Br2NO. The molecule has 80 valence electrons. The van der Waals surface area contributed by atoms with Crippen LogP contribution < -0.4 is 4.74 Å². The average molecular weight is 333 g/mol. The second-order valence-corrected chi connectivity index (χ2v) is 7.18. The van der Waals surface area contributed by atoms with E-state index in [4.69, 9.17) is 4.74 Å². The van der Waals surface area contributed by atoms with Gasteiger partial charge in [-0.05, 0) is 36.2 Å². The molecule has 0 spiro atoms. The fourth-order valence-corrected chi connectivity index (χ4v) is 2.66. The van der Waals surface area contributed by atoms with Gasteiger partial charge in [0.2, 0.25) is 0 Å². The van der Waals surface area contributed by atoms with E-state index in [2.05, 4.69) is 36.9 Å². The van der Waals surface area contributed by atoms with Crippen LogP contribution in [-0.2, 0) is 0 Å². The van der Waals surface area contributed by atoms with E-state index in [1.165, 1.54) is 0 Å². The second-order valence-electron chi connectivity index (χ2n) is 3.41. The van der Waals surface area contributed by atoms with Crippen LogP contribution in [0.1, 0.15) is 12.0 Å². The largest absolute Gasteiger partial charge is 0.497 e. The van der Waals surface area contributed by atoms with Crippen LogP contribution in [-0.4, -0.2) is 22.6 Å². The zero-order valence-corrected chi connectivity index (χ0v) is 11.5. The number of benzene rings is 1. The number of hydrogen-bond donors (Lipinski definition) is 0. The molecule has 2 rings (SSSR count). The number of rotatable bonds is 2. The van der Waals surface area contributed by atoms with Crippen LogP contribution in [0.25, 0.3) is 0 Å². The number of alkyl halides is 2. The Labute approximate surface area is 106 Å². The summed E-state index contributed by atoms with van der Waals surface area (Å²) in [6, 6.07) is 7.96. The predicted octanol–water partition coefficient (Wildman–Crippen LogP) is 3.37. The highest BCUT2D eigenvalue weighted by atomic mass is 79.9. The maximum absolute atomic E-state index is 5.12. The number of nitrogens with zero attached hydrogens (tertiary/aromatic N) is 1. The molecule has 0 N–H and O–H groups in total. The normalized spacial score (nSPS) is 18.7. The van der Waals surface area contributed by atoms with Crippen molar-refractivity contribution in [2.45, 2.75) is 9.65 Å². The van der Waals surface area contributed by atoms with Crippen molar-refractivity contribution in [3.8, 4) is 5.75 Å². The lowest BCUT2D eigenvalue weighted by atomic mass is 10.1. The van der Waals surface area contributed by atoms with Crippen LogP contribution in [0.3, 0.4) is 0 Å². The van der Waals surface area contributed by atoms with Crippen LogP contribution in [0, 0.1) is 0 Å². The molecule has 1 aliphatic heterocycles. The highest BCUT2D eigenvalue weighted by molar-refractivity contribution is 9.26. The third-order valence-corrected chi connectivity index (χ3v) is 3.95. The molecule has 1 aromatic carbocycles. The van der Waals surface area contributed by atoms with Crippen molar-refractivity contribution in [1.82, 2.24) is 0 Å². The van der Waals surface area contributed by atoms with Crippen molar-refractivity contribution in [1.29, 1.82) is 0 Å². The van der Waals surface area contributed by atoms with E-state index in [0.717, 1.165) is 30.0 Å². The van der Waals surface area contributed by atoms with Crippen LogP contribution in [0.4, 0.5) is 0 Å². The number of hydrogen-bond acceptors (Lipinski definition) is 2. The molecule has 0 amide bonds. The van der Waals surface area contributed by atoms with Crippen LogP contribution in [0.15, 0.2) is 29.3 Å². The SMILES string of the molecule is COc1ccc(C2=NCCC2(Br)Br)cc1. The Morgan fingerprint density at radius 1 is 1.27 bits per heavy atom. The summed E-state index contributed by atoms with van der Waals surface area (Å²) >= 11 is 7.27. The van der Waals surface area contributed by atoms with E-state index < -0.39 is 0 Å². The fraction of sp³-hybridized carbons (Fsp3) is 0.364. The smallest absolute Gasteiger partial charge is 0.124 e. The summed E-state index contributed by atoms with van der Waals surface area (Å²) in [6.45, 7) is 0.859. The van der Waals surface area contributed by atoms with Crippen molar-refractivity contribution in [2.75, 3.05) is 13.7 Å². The Morgan fingerprint density at radius 2 is 1.93 bits per heavy atom. The lowest BCUT2D eigenvalue weighted by molar-refractivity contribution is 0.415. The van der Waals surface area contributed by atoms with Crippen molar-refractivity contribution in [3.05, 3.63) is 29.8 Å². The minimum Gasteiger partial charge on any atom is -0.497 e. The Hall–Kier alpha value is -0.350. The Morgan fingerprint density at radius 3 is 2.40 bits per heavy atom. The maximum atomic E-state index is 5.12. The summed E-state index contributed by atoms with van der Waals surface area (Å²) in [6.07, 6.45) is 0.981. The second kappa shape index (κ2) is 4.26. The van der Waals surface area contributed by atoms with Gasteiger partial charge in [0.25, 0.3) is 0 Å². The summed E-state index contributed by atoms with van der Waals surface area (Å²) in [4.78, 5) is 4.50. The van der Waals surface area contributed by atoms with Gasteiger partial charge in [-0.3, -0.25) is 4.99 Å². The number of methoxy groups -OCH3 is 1. The molecule has 0 saturated heterocycles. The van der Waals surface area contributed by atoms with Crippen LogP contribution >= 0.6 is 31.9 Å². The molecular weight excluding hydrogens is 322 g/mol. The first-order valence-electron chi connectivity index (χ1n) is 4.71. The van der Waals surface area contributed by atoms with Gasteiger partial charge in [-0.25, -0.2) is 0 Å². The molecule has 1 heterocycles. The number of halogens is 2. The fourth-order valence-electron chi connectivity index (χ4n) is 1.59. The van der Waals surface area contributed by atoms with Gasteiger partial charge < -0.3 is 4.74 Å². The van der Waals surface area contributed by atoms with Gasteiger partial charge in [0.15, 0.2) is 0 Å². The van der Waals surface area contributed by atoms with E-state index in [-0.39, 0.29) is 3.23 Å². The highest BCUT2D eigenvalue weighted by Crippen LogP contribution is 2.38. The number of aliphatic imine (C=N–C) groups is 1. The first kappa shape index (κ1) is 11.1. The van der Waals surface area contributed by atoms with Crippen LogP contribution in [0.2, 0.25) is 0 Å². The lowest BCUT2D eigenvalue weighted by Crippen LogP contribution is -2.20. The molecule has 0 saturated carbocycles. The summed E-state index contributed by atoms with van der Waals surface area (Å²) in [5.41, 5.74) is 2.19. The van der Waals surface area contributed by atoms with E-state index in [9.17, 15) is 0 Å². The van der Waals surface area contributed by atoms with Crippen LogP contribution in [0.5, 0.6) is 5.75 Å². The molecule has 15 heavy (non-hydrogen) atoms. The van der Waals surface area contributed by atoms with Crippen molar-refractivity contribution < 1.29 is 4.74 Å². The third kappa shape index (κ3) is 2.26. The first-order valence-corrected chi connectivity index (χ1v) is 6.29. The summed E-state index contributed by atoms with van der Waals surface area (Å²) in [5.74, 6) is 0.868. The van der Waals surface area contributed by atoms with E-state index >= 15 is 0 Å². The molecule has 0 fully saturated rings. The minimum absolute atomic E-state index is 0.158. The highest BCUT2D eigenvalue weighted by Gasteiger charge is 2.34. The van der Waals surface area contributed by atoms with Gasteiger partial charge >= 0.3 is 0 Å². The van der Waals surface area contributed by atoms with E-state index in [1.54, 1.807) is 7.11 Å². The van der Waals surface area contributed by atoms with E-state index in [1.807, 2.05) is 24.3 Å². The molecule has 1 aromatic rings. The third-order valence-electron chi connectivity index (χ3n) is 2.41. The summed E-state index contributed by atoms with van der Waals surface area (Å²) < 4.78 is 4.96. The van der Waals surface area contributed by atoms with Gasteiger partial charge in [-0.1, -0.05) is 31.9 Å². The van der Waals surface area contributed by atoms with Gasteiger partial charge in [-0.2, -0.15) is 0 Å². The van der Waals surface area contributed by atoms with Crippen molar-refractivity contribution in [3.63, 3.8) is 0 Å². The number of ether oxygens (including phenoxy) is 1. The topological polar surface area (TPSA) is 21.6 Å². The minimum atomic E-state index is -0.158. The molecule has 0 aliphatic carbocycles. The average Bonchev–Trinajstić information content (AvgIpc) is 2.58. The Bertz CT molecular complexity index is 384. The maximum Gasteiger partial charge on any atom is 0.124 e. The van der Waals surface area contributed by atoms with Gasteiger partial charge in [0.1, 0.15) is 8.98 Å². The molecule has 0 bridgehead atoms. The van der Waals surface area contributed by atoms with Crippen molar-refractivity contribution in [2.24, 2.45) is 4.99 Å². The molecule has 0 atom stereocenters. The zero-order valence-electron chi connectivity index (χ0n) is 8.34. The van der Waals surface area contributed by atoms with Gasteiger partial charge in [0.05, 0.1) is 12.8 Å². The van der Waals surface area contributed by atoms with E-state index in [0.29, 0.717) is 0 Å². The summed E-state index contributed by atoms with van der Waals surface area (Å²) in [7, 11) is 1.67. The summed E-state index contributed by atoms with van der Waals surface area (Å²) in [5, 5.41) is 0. The first-order chi connectivity index (χ1) is 7.13. The van der Waals surface area contributed by atoms with Gasteiger partial charge in [-0.15, -0.1) is 0 Å². The molecule has 0 radical (unpaired) electrons. The molecule has 4 heteroatoms. The molecule has 0 aromatic heterocycles. The predicted molar refractivity (Wildman–Crippen MR) is 69.6 cm³/mol. The van der Waals surface area contributed by atoms with Gasteiger partial charge in [0, 0.05) is 6.54 Å². The standard InChI is InChI=1S/C11H11Br2NO/c1-15-9-4-2-8(3-5-9)10-11(12,13)6-7-14-10/h2-5H,6-7H2,1H3. The molecule has 2 nitrogen and oxygen atoms in total. The Balaban J connectivity index is 2.30. The monoisotopic (exact) mass is 331 g/mol. The van der Waals surface area contributed by atoms with Crippen molar-refractivity contribution >= 4 is 37.6 Å². The lowest BCUT2D eigenvalue weighted by Gasteiger charge is -2.16.